The highest BCUT2D eigenvalue weighted by atomic mass is 16.6. The normalized spacial score (nSPS) is 10.0. The van der Waals surface area contributed by atoms with Crippen molar-refractivity contribution in [3.8, 4) is 17.2 Å². The van der Waals surface area contributed by atoms with Gasteiger partial charge in [-0.3, -0.25) is 10.1 Å². The topological polar surface area (TPSA) is 87.9 Å². The van der Waals surface area contributed by atoms with Crippen LogP contribution in [0.4, 0.5) is 5.69 Å². The van der Waals surface area contributed by atoms with Gasteiger partial charge in [-0.2, -0.15) is 0 Å². The van der Waals surface area contributed by atoms with E-state index in [-0.39, 0.29) is 17.0 Å². The lowest BCUT2D eigenvalue weighted by Gasteiger charge is -2.09. The van der Waals surface area contributed by atoms with Crippen LogP contribution < -0.4 is 14.2 Å². The SMILES string of the molecule is COc1cc(OC)cc(OC(=O)c2ccc([N+](=O)[O-])c(C)c2)c1. The molecule has 0 atom stereocenters. The molecule has 0 bridgehead atoms. The van der Waals surface area contributed by atoms with Crippen LogP contribution in [0.2, 0.25) is 0 Å². The molecule has 0 heterocycles. The molecule has 2 aromatic carbocycles. The molecular weight excluding hydrogens is 302 g/mol. The lowest BCUT2D eigenvalue weighted by Crippen LogP contribution is -2.09. The summed E-state index contributed by atoms with van der Waals surface area (Å²) in [6.45, 7) is 1.56. The van der Waals surface area contributed by atoms with Gasteiger partial charge in [0.15, 0.2) is 0 Å². The molecule has 0 unspecified atom stereocenters. The second kappa shape index (κ2) is 6.78. The Balaban J connectivity index is 2.25. The van der Waals surface area contributed by atoms with Crippen LogP contribution >= 0.6 is 0 Å². The van der Waals surface area contributed by atoms with E-state index in [0.29, 0.717) is 17.1 Å². The molecule has 0 fully saturated rings. The smallest absolute Gasteiger partial charge is 0.343 e. The number of nitro benzene ring substituents is 1. The fourth-order valence-corrected chi connectivity index (χ4v) is 1.99. The summed E-state index contributed by atoms with van der Waals surface area (Å²) in [4.78, 5) is 22.5. The number of benzene rings is 2. The van der Waals surface area contributed by atoms with Crippen molar-refractivity contribution in [2.45, 2.75) is 6.92 Å². The highest BCUT2D eigenvalue weighted by Crippen LogP contribution is 2.28. The van der Waals surface area contributed by atoms with E-state index >= 15 is 0 Å². The van der Waals surface area contributed by atoms with Crippen LogP contribution in [0.5, 0.6) is 17.2 Å². The van der Waals surface area contributed by atoms with Crippen LogP contribution in [0.25, 0.3) is 0 Å². The molecular formula is C16H15NO6. The Morgan fingerprint density at radius 1 is 1.00 bits per heavy atom. The van der Waals surface area contributed by atoms with Crippen molar-refractivity contribution < 1.29 is 23.9 Å². The minimum absolute atomic E-state index is 0.0513. The Morgan fingerprint density at radius 2 is 1.57 bits per heavy atom. The monoisotopic (exact) mass is 317 g/mol. The zero-order valence-electron chi connectivity index (χ0n) is 12.9. The number of methoxy groups -OCH3 is 2. The van der Waals surface area contributed by atoms with Gasteiger partial charge >= 0.3 is 5.97 Å². The Morgan fingerprint density at radius 3 is 2.04 bits per heavy atom. The van der Waals surface area contributed by atoms with Crippen molar-refractivity contribution in [3.63, 3.8) is 0 Å². The van der Waals surface area contributed by atoms with Crippen molar-refractivity contribution in [1.29, 1.82) is 0 Å². The van der Waals surface area contributed by atoms with Crippen LogP contribution in [0, 0.1) is 17.0 Å². The molecule has 0 N–H and O–H groups in total. The van der Waals surface area contributed by atoms with E-state index in [2.05, 4.69) is 0 Å². The lowest BCUT2D eigenvalue weighted by atomic mass is 10.1. The molecule has 120 valence electrons. The minimum Gasteiger partial charge on any atom is -0.496 e. The van der Waals surface area contributed by atoms with Crippen LogP contribution in [0.3, 0.4) is 0 Å². The molecule has 0 aliphatic rings. The second-order valence-corrected chi connectivity index (χ2v) is 4.70. The quantitative estimate of drug-likeness (QED) is 0.364. The second-order valence-electron chi connectivity index (χ2n) is 4.70. The molecule has 0 saturated carbocycles. The Hall–Kier alpha value is -3.09. The average molecular weight is 317 g/mol. The molecule has 23 heavy (non-hydrogen) atoms. The zero-order valence-corrected chi connectivity index (χ0v) is 12.9. The highest BCUT2D eigenvalue weighted by molar-refractivity contribution is 5.91. The molecule has 0 saturated heterocycles. The maximum Gasteiger partial charge on any atom is 0.343 e. The van der Waals surface area contributed by atoms with Crippen LogP contribution in [-0.2, 0) is 0 Å². The molecule has 0 spiro atoms. The number of nitrogens with zero attached hydrogens (tertiary/aromatic N) is 1. The summed E-state index contributed by atoms with van der Waals surface area (Å²) in [5, 5.41) is 10.8. The van der Waals surface area contributed by atoms with E-state index in [9.17, 15) is 14.9 Å². The Labute approximate surface area is 132 Å². The Bertz CT molecular complexity index is 734. The summed E-state index contributed by atoms with van der Waals surface area (Å²) in [6, 6.07) is 8.77. The first-order valence-corrected chi connectivity index (χ1v) is 6.65. The van der Waals surface area contributed by atoms with Gasteiger partial charge in [0, 0.05) is 29.8 Å². The molecule has 7 heteroatoms. The van der Waals surface area contributed by atoms with Gasteiger partial charge in [-0.25, -0.2) is 4.79 Å². The van der Waals surface area contributed by atoms with Crippen LogP contribution in [-0.4, -0.2) is 25.1 Å². The fourth-order valence-electron chi connectivity index (χ4n) is 1.99. The fraction of sp³-hybridized carbons (Fsp3) is 0.188. The minimum atomic E-state index is -0.627. The first kappa shape index (κ1) is 16.3. The number of carbonyl (C=O) groups is 1. The van der Waals surface area contributed by atoms with Gasteiger partial charge in [-0.15, -0.1) is 0 Å². The number of esters is 1. The third-order valence-corrected chi connectivity index (χ3v) is 3.16. The summed E-state index contributed by atoms with van der Waals surface area (Å²) in [5.41, 5.74) is 0.548. The number of ether oxygens (including phenoxy) is 3. The van der Waals surface area contributed by atoms with E-state index in [0.717, 1.165) is 0 Å². The average Bonchev–Trinajstić information content (AvgIpc) is 2.53. The third-order valence-electron chi connectivity index (χ3n) is 3.16. The first-order valence-electron chi connectivity index (χ1n) is 6.65. The molecule has 0 aromatic heterocycles. The number of hydrogen-bond donors (Lipinski definition) is 0. The van der Waals surface area contributed by atoms with Crippen molar-refractivity contribution in [2.24, 2.45) is 0 Å². The zero-order chi connectivity index (χ0) is 17.0. The van der Waals surface area contributed by atoms with E-state index in [1.807, 2.05) is 0 Å². The summed E-state index contributed by atoms with van der Waals surface area (Å²) >= 11 is 0. The summed E-state index contributed by atoms with van der Waals surface area (Å²) in [6.07, 6.45) is 0. The number of hydrogen-bond acceptors (Lipinski definition) is 6. The number of carbonyl (C=O) groups excluding carboxylic acids is 1. The third kappa shape index (κ3) is 3.76. The van der Waals surface area contributed by atoms with Gasteiger partial charge in [0.2, 0.25) is 0 Å². The molecule has 0 aliphatic heterocycles. The van der Waals surface area contributed by atoms with Gasteiger partial charge in [0.1, 0.15) is 17.2 Å². The van der Waals surface area contributed by atoms with Gasteiger partial charge in [-0.05, 0) is 19.1 Å². The van der Waals surface area contributed by atoms with Crippen molar-refractivity contribution in [2.75, 3.05) is 14.2 Å². The molecule has 2 aromatic rings. The number of nitro groups is 1. The predicted molar refractivity (Wildman–Crippen MR) is 82.3 cm³/mol. The van der Waals surface area contributed by atoms with Crippen LogP contribution in [0.1, 0.15) is 15.9 Å². The highest BCUT2D eigenvalue weighted by Gasteiger charge is 2.16. The number of aryl methyl sites for hydroxylation is 1. The van der Waals surface area contributed by atoms with Gasteiger partial charge in [-0.1, -0.05) is 0 Å². The van der Waals surface area contributed by atoms with Gasteiger partial charge < -0.3 is 14.2 Å². The molecule has 0 aliphatic carbocycles. The van der Waals surface area contributed by atoms with Crippen molar-refractivity contribution in [3.05, 3.63) is 57.6 Å². The van der Waals surface area contributed by atoms with E-state index < -0.39 is 10.9 Å². The molecule has 2 rings (SSSR count). The van der Waals surface area contributed by atoms with E-state index in [1.54, 1.807) is 25.1 Å². The standard InChI is InChI=1S/C16H15NO6/c1-10-6-11(4-5-15(10)17(19)20)16(18)23-14-8-12(21-2)7-13(9-14)22-3/h4-9H,1-3H3. The van der Waals surface area contributed by atoms with E-state index in [1.165, 1.54) is 32.4 Å². The summed E-state index contributed by atoms with van der Waals surface area (Å²) in [5.74, 6) is 0.583. The van der Waals surface area contributed by atoms with Crippen molar-refractivity contribution in [1.82, 2.24) is 0 Å². The summed E-state index contributed by atoms with van der Waals surface area (Å²) < 4.78 is 15.5. The number of rotatable bonds is 5. The predicted octanol–water partition coefficient (Wildman–Crippen LogP) is 3.14. The largest absolute Gasteiger partial charge is 0.496 e. The van der Waals surface area contributed by atoms with Crippen LogP contribution in [0.15, 0.2) is 36.4 Å². The van der Waals surface area contributed by atoms with E-state index in [4.69, 9.17) is 14.2 Å². The van der Waals surface area contributed by atoms with Gasteiger partial charge in [0.25, 0.3) is 5.69 Å². The summed E-state index contributed by atoms with van der Waals surface area (Å²) in [7, 11) is 2.97. The lowest BCUT2D eigenvalue weighted by molar-refractivity contribution is -0.385. The molecule has 0 amide bonds. The maximum atomic E-state index is 12.2. The molecule has 7 nitrogen and oxygen atoms in total. The van der Waals surface area contributed by atoms with Gasteiger partial charge in [0.05, 0.1) is 24.7 Å². The molecule has 0 radical (unpaired) electrons. The maximum absolute atomic E-state index is 12.2. The Kier molecular flexibility index (Phi) is 4.80. The first-order chi connectivity index (χ1) is 10.9. The van der Waals surface area contributed by atoms with Crippen molar-refractivity contribution >= 4 is 11.7 Å².